The Balaban J connectivity index is 2.25. The van der Waals surface area contributed by atoms with Crippen molar-refractivity contribution in [1.82, 2.24) is 15.2 Å². The number of amides is 2. The minimum absolute atomic E-state index is 0.0920. The molecule has 0 saturated carbocycles. The maximum absolute atomic E-state index is 12.9. The first-order valence-electron chi connectivity index (χ1n) is 8.43. The Labute approximate surface area is 154 Å². The number of hydrogen-bond acceptors (Lipinski definition) is 5. The molecule has 1 atom stereocenters. The van der Waals surface area contributed by atoms with E-state index >= 15 is 0 Å². The van der Waals surface area contributed by atoms with E-state index in [4.69, 9.17) is 0 Å². The first-order valence-corrected chi connectivity index (χ1v) is 9.91. The first kappa shape index (κ1) is 21.1. The van der Waals surface area contributed by atoms with Crippen LogP contribution in [0.15, 0.2) is 23.4 Å². The van der Waals surface area contributed by atoms with Gasteiger partial charge in [0.15, 0.2) is 5.03 Å². The average Bonchev–Trinajstić information content (AvgIpc) is 2.60. The van der Waals surface area contributed by atoms with Crippen molar-refractivity contribution in [3.8, 4) is 0 Å². The zero-order valence-corrected chi connectivity index (χ0v) is 15.4. The van der Waals surface area contributed by atoms with Crippen molar-refractivity contribution in [2.75, 3.05) is 13.1 Å². The number of halogens is 3. The van der Waals surface area contributed by atoms with Crippen LogP contribution in [0.2, 0.25) is 0 Å². The number of aromatic nitrogens is 1. The summed E-state index contributed by atoms with van der Waals surface area (Å²) in [6.45, 7) is 2.19. The van der Waals surface area contributed by atoms with E-state index in [0.717, 1.165) is 12.3 Å². The van der Waals surface area contributed by atoms with Crippen molar-refractivity contribution < 1.29 is 31.2 Å². The van der Waals surface area contributed by atoms with E-state index < -0.39 is 31.8 Å². The fraction of sp³-hybridized carbons (Fsp3) is 0.562. The predicted molar refractivity (Wildman–Crippen MR) is 89.5 cm³/mol. The van der Waals surface area contributed by atoms with E-state index in [1.807, 2.05) is 6.92 Å². The molecular weight excluding hydrogens is 387 g/mol. The van der Waals surface area contributed by atoms with Crippen LogP contribution < -0.4 is 5.32 Å². The summed E-state index contributed by atoms with van der Waals surface area (Å²) in [5.41, 5.74) is -6.19. The van der Waals surface area contributed by atoms with E-state index in [1.165, 1.54) is 11.0 Å². The Kier molecular flexibility index (Phi) is 6.45. The largest absolute Gasteiger partial charge is 0.503 e. The first-order chi connectivity index (χ1) is 12.6. The third-order valence-electron chi connectivity index (χ3n) is 4.11. The van der Waals surface area contributed by atoms with Crippen molar-refractivity contribution in [1.29, 1.82) is 0 Å². The van der Waals surface area contributed by atoms with Gasteiger partial charge in [-0.1, -0.05) is 6.92 Å². The molecule has 1 N–H and O–H groups in total. The van der Waals surface area contributed by atoms with Gasteiger partial charge in [0.05, 0.1) is 5.56 Å². The average molecular weight is 407 g/mol. The van der Waals surface area contributed by atoms with Crippen LogP contribution in [0.25, 0.3) is 0 Å². The molecule has 1 aromatic heterocycles. The number of sulfone groups is 1. The number of piperidine rings is 1. The molecule has 0 aromatic carbocycles. The maximum Gasteiger partial charge on any atom is 0.503 e. The Hall–Kier alpha value is -2.17. The third-order valence-corrected chi connectivity index (χ3v) is 5.56. The number of likely N-dealkylation sites (tertiary alicyclic amines) is 1. The molecule has 1 aliphatic heterocycles. The van der Waals surface area contributed by atoms with Crippen molar-refractivity contribution in [3.05, 3.63) is 23.9 Å². The summed E-state index contributed by atoms with van der Waals surface area (Å²) in [5, 5.41) is 1.47. The molecule has 7 nitrogen and oxygen atoms in total. The molecule has 0 aliphatic carbocycles. The van der Waals surface area contributed by atoms with Gasteiger partial charge >= 0.3 is 5.51 Å². The lowest BCUT2D eigenvalue weighted by atomic mass is 10.0. The van der Waals surface area contributed by atoms with E-state index in [-0.39, 0.29) is 25.0 Å². The summed E-state index contributed by atoms with van der Waals surface area (Å²) in [4.78, 5) is 29.0. The summed E-state index contributed by atoms with van der Waals surface area (Å²) in [5.74, 6) is -1.03. The molecule has 2 rings (SSSR count). The predicted octanol–water partition coefficient (Wildman–Crippen LogP) is 1.90. The summed E-state index contributed by atoms with van der Waals surface area (Å²) < 4.78 is 62.1. The molecule has 1 saturated heterocycles. The van der Waals surface area contributed by atoms with Crippen molar-refractivity contribution in [2.24, 2.45) is 0 Å². The topological polar surface area (TPSA) is 96.4 Å². The molecule has 0 radical (unpaired) electrons. The van der Waals surface area contributed by atoms with Gasteiger partial charge < -0.3 is 10.2 Å². The van der Waals surface area contributed by atoms with E-state index in [0.29, 0.717) is 25.7 Å². The number of hydrogen-bond donors (Lipinski definition) is 1. The van der Waals surface area contributed by atoms with Crippen LogP contribution in [0.1, 0.15) is 43.0 Å². The molecule has 1 aliphatic rings. The van der Waals surface area contributed by atoms with Gasteiger partial charge in [-0.15, -0.1) is 0 Å². The SMILES string of the molecule is CCCC(=O)NC1CCCN(C(=O)c2cccnc2S(=O)(=O)C(F)(F)F)C1. The standard InChI is InChI=1S/C16H20F3N3O4S/c1-2-5-13(23)21-11-6-4-9-22(10-11)15(24)12-7-3-8-20-14(12)27(25,26)16(17,18)19/h3,7-8,11H,2,4-6,9-10H2,1H3,(H,21,23). The van der Waals surface area contributed by atoms with Gasteiger partial charge in [0, 0.05) is 31.7 Å². The number of carbonyl (C=O) groups excluding carboxylic acids is 2. The summed E-state index contributed by atoms with van der Waals surface area (Å²) in [6, 6.07) is 1.88. The highest BCUT2D eigenvalue weighted by atomic mass is 32.2. The fourth-order valence-corrected chi connectivity index (χ4v) is 3.72. The lowest BCUT2D eigenvalue weighted by Crippen LogP contribution is -2.49. The zero-order chi connectivity index (χ0) is 20.2. The second-order valence-electron chi connectivity index (χ2n) is 6.21. The molecule has 150 valence electrons. The van der Waals surface area contributed by atoms with Crippen molar-refractivity contribution in [2.45, 2.75) is 49.2 Å². The minimum atomic E-state index is -5.76. The van der Waals surface area contributed by atoms with Gasteiger partial charge in [-0.2, -0.15) is 13.2 Å². The van der Waals surface area contributed by atoms with Gasteiger partial charge in [0.25, 0.3) is 15.7 Å². The van der Waals surface area contributed by atoms with Crippen molar-refractivity contribution in [3.63, 3.8) is 0 Å². The highest BCUT2D eigenvalue weighted by molar-refractivity contribution is 7.92. The van der Waals surface area contributed by atoms with Crippen LogP contribution in [-0.4, -0.2) is 54.8 Å². The molecule has 1 fully saturated rings. The Morgan fingerprint density at radius 3 is 2.70 bits per heavy atom. The molecule has 27 heavy (non-hydrogen) atoms. The molecule has 1 unspecified atom stereocenters. The van der Waals surface area contributed by atoms with Gasteiger partial charge in [-0.25, -0.2) is 13.4 Å². The zero-order valence-electron chi connectivity index (χ0n) is 14.6. The molecular formula is C16H20F3N3O4S. The van der Waals surface area contributed by atoms with Crippen LogP contribution >= 0.6 is 0 Å². The fourth-order valence-electron chi connectivity index (χ4n) is 2.85. The second kappa shape index (κ2) is 8.24. The number of nitrogens with zero attached hydrogens (tertiary/aromatic N) is 2. The van der Waals surface area contributed by atoms with Crippen LogP contribution in [0.5, 0.6) is 0 Å². The lowest BCUT2D eigenvalue weighted by Gasteiger charge is -2.33. The number of rotatable bonds is 5. The second-order valence-corrected chi connectivity index (χ2v) is 8.07. The Bertz CT molecular complexity index is 811. The normalized spacial score (nSPS) is 18.2. The van der Waals surface area contributed by atoms with Gasteiger partial charge in [0.1, 0.15) is 0 Å². The molecule has 2 heterocycles. The molecule has 0 bridgehead atoms. The molecule has 2 amide bonds. The van der Waals surface area contributed by atoms with E-state index in [1.54, 1.807) is 0 Å². The maximum atomic E-state index is 12.9. The number of pyridine rings is 1. The van der Waals surface area contributed by atoms with Gasteiger partial charge in [-0.05, 0) is 31.4 Å². The van der Waals surface area contributed by atoms with Crippen LogP contribution in [0.4, 0.5) is 13.2 Å². The minimum Gasteiger partial charge on any atom is -0.352 e. The molecule has 1 aromatic rings. The van der Waals surface area contributed by atoms with E-state index in [9.17, 15) is 31.2 Å². The lowest BCUT2D eigenvalue weighted by molar-refractivity contribution is -0.122. The van der Waals surface area contributed by atoms with E-state index in [2.05, 4.69) is 10.3 Å². The summed E-state index contributed by atoms with van der Waals surface area (Å²) in [7, 11) is -5.76. The summed E-state index contributed by atoms with van der Waals surface area (Å²) in [6.07, 6.45) is 3.04. The van der Waals surface area contributed by atoms with Crippen molar-refractivity contribution >= 4 is 21.7 Å². The number of alkyl halides is 3. The quantitative estimate of drug-likeness (QED) is 0.804. The molecule has 0 spiro atoms. The third kappa shape index (κ3) is 4.76. The monoisotopic (exact) mass is 407 g/mol. The smallest absolute Gasteiger partial charge is 0.352 e. The van der Waals surface area contributed by atoms with Crippen LogP contribution in [-0.2, 0) is 14.6 Å². The highest BCUT2D eigenvalue weighted by Crippen LogP contribution is 2.31. The molecule has 11 heteroatoms. The number of carbonyl (C=O) groups is 2. The van der Waals surface area contributed by atoms with Gasteiger partial charge in [-0.3, -0.25) is 9.59 Å². The highest BCUT2D eigenvalue weighted by Gasteiger charge is 2.49. The Morgan fingerprint density at radius 2 is 2.07 bits per heavy atom. The summed E-state index contributed by atoms with van der Waals surface area (Å²) >= 11 is 0. The Morgan fingerprint density at radius 1 is 1.37 bits per heavy atom. The van der Waals surface area contributed by atoms with Gasteiger partial charge in [0.2, 0.25) is 5.91 Å². The number of nitrogens with one attached hydrogen (secondary N) is 1. The van der Waals surface area contributed by atoms with Crippen LogP contribution in [0.3, 0.4) is 0 Å². The van der Waals surface area contributed by atoms with Crippen LogP contribution in [0, 0.1) is 0 Å².